The van der Waals surface area contributed by atoms with Gasteiger partial charge in [0, 0.05) is 30.7 Å². The van der Waals surface area contributed by atoms with Crippen LogP contribution in [0.3, 0.4) is 0 Å². The smallest absolute Gasteiger partial charge is 0.319 e. The minimum Gasteiger partial charge on any atom is -0.346 e. The van der Waals surface area contributed by atoms with Gasteiger partial charge in [0.2, 0.25) is 5.91 Å². The van der Waals surface area contributed by atoms with E-state index in [0.29, 0.717) is 18.8 Å². The summed E-state index contributed by atoms with van der Waals surface area (Å²) in [5.74, 6) is -0.568. The number of nitrogens with one attached hydrogen (secondary N) is 1. The molecule has 0 spiro atoms. The maximum absolute atomic E-state index is 13.0. The number of alkyl halides is 2. The monoisotopic (exact) mass is 327 g/mol. The molecule has 7 heteroatoms. The molecule has 1 aromatic heterocycles. The van der Waals surface area contributed by atoms with Gasteiger partial charge in [0.1, 0.15) is 5.69 Å². The van der Waals surface area contributed by atoms with Crippen LogP contribution in [0, 0.1) is 12.8 Å². The standard InChI is InChI=1S/C16H23F2N3O2/c1-10(2)15(23)20-8-4-5-12(9-20)19-14(22)13-7-6-11(3)21(13)16(17)18/h6-7,10,12,16H,4-5,8-9H2,1-3H3,(H,19,22). The number of aromatic nitrogens is 1. The molecule has 2 rings (SSSR count). The Morgan fingerprint density at radius 2 is 2.00 bits per heavy atom. The number of hydrogen-bond acceptors (Lipinski definition) is 2. The number of rotatable bonds is 4. The van der Waals surface area contributed by atoms with Crippen molar-refractivity contribution in [2.45, 2.75) is 46.2 Å². The number of amides is 2. The lowest BCUT2D eigenvalue weighted by molar-refractivity contribution is -0.135. The van der Waals surface area contributed by atoms with Crippen molar-refractivity contribution in [3.05, 3.63) is 23.5 Å². The van der Waals surface area contributed by atoms with E-state index in [9.17, 15) is 18.4 Å². The minimum absolute atomic E-state index is 0.0511. The first kappa shape index (κ1) is 17.4. The first-order valence-electron chi connectivity index (χ1n) is 7.87. The molecule has 1 N–H and O–H groups in total. The van der Waals surface area contributed by atoms with Crippen molar-refractivity contribution in [3.63, 3.8) is 0 Å². The zero-order valence-corrected chi connectivity index (χ0v) is 13.7. The van der Waals surface area contributed by atoms with E-state index in [4.69, 9.17) is 0 Å². The molecule has 1 fully saturated rings. The molecule has 1 saturated heterocycles. The fourth-order valence-corrected chi connectivity index (χ4v) is 2.91. The van der Waals surface area contributed by atoms with Gasteiger partial charge < -0.3 is 10.2 Å². The van der Waals surface area contributed by atoms with Crippen LogP contribution in [0.15, 0.2) is 12.1 Å². The van der Waals surface area contributed by atoms with E-state index in [1.807, 2.05) is 13.8 Å². The number of piperidine rings is 1. The van der Waals surface area contributed by atoms with Gasteiger partial charge in [-0.15, -0.1) is 0 Å². The Kier molecular flexibility index (Phi) is 5.38. The Morgan fingerprint density at radius 3 is 2.61 bits per heavy atom. The summed E-state index contributed by atoms with van der Waals surface area (Å²) in [7, 11) is 0. The minimum atomic E-state index is -2.75. The highest BCUT2D eigenvalue weighted by molar-refractivity contribution is 5.93. The van der Waals surface area contributed by atoms with Gasteiger partial charge in [0.05, 0.1) is 0 Å². The van der Waals surface area contributed by atoms with E-state index in [1.54, 1.807) is 4.90 Å². The molecule has 0 saturated carbocycles. The highest BCUT2D eigenvalue weighted by Crippen LogP contribution is 2.19. The van der Waals surface area contributed by atoms with E-state index < -0.39 is 12.5 Å². The number of carbonyl (C=O) groups is 2. The largest absolute Gasteiger partial charge is 0.346 e. The van der Waals surface area contributed by atoms with Crippen molar-refractivity contribution >= 4 is 11.8 Å². The van der Waals surface area contributed by atoms with Crippen molar-refractivity contribution in [3.8, 4) is 0 Å². The zero-order chi connectivity index (χ0) is 17.1. The molecular weight excluding hydrogens is 304 g/mol. The molecule has 128 valence electrons. The third kappa shape index (κ3) is 3.89. The van der Waals surface area contributed by atoms with E-state index in [-0.39, 0.29) is 23.6 Å². The Labute approximate surface area is 134 Å². The molecule has 1 aliphatic rings. The van der Waals surface area contributed by atoms with Crippen LogP contribution in [-0.4, -0.2) is 40.4 Å². The molecule has 1 unspecified atom stereocenters. The summed E-state index contributed by atoms with van der Waals surface area (Å²) in [5.41, 5.74) is 0.287. The maximum atomic E-state index is 13.0. The van der Waals surface area contributed by atoms with E-state index >= 15 is 0 Å². The molecular formula is C16H23F2N3O2. The molecule has 1 aliphatic heterocycles. The molecule has 0 aromatic carbocycles. The number of nitrogens with zero attached hydrogens (tertiary/aromatic N) is 2. The second-order valence-corrected chi connectivity index (χ2v) is 6.26. The first-order valence-corrected chi connectivity index (χ1v) is 7.87. The van der Waals surface area contributed by atoms with E-state index in [2.05, 4.69) is 5.32 Å². The zero-order valence-electron chi connectivity index (χ0n) is 13.7. The summed E-state index contributed by atoms with van der Waals surface area (Å²) in [4.78, 5) is 26.1. The summed E-state index contributed by atoms with van der Waals surface area (Å²) >= 11 is 0. The Balaban J connectivity index is 2.04. The predicted octanol–water partition coefficient (Wildman–Crippen LogP) is 2.57. The summed E-state index contributed by atoms with van der Waals surface area (Å²) in [6, 6.07) is 2.69. The second-order valence-electron chi connectivity index (χ2n) is 6.26. The number of aryl methyl sites for hydroxylation is 1. The average molecular weight is 327 g/mol. The molecule has 1 aromatic rings. The van der Waals surface area contributed by atoms with Gasteiger partial charge in [-0.1, -0.05) is 13.8 Å². The average Bonchev–Trinajstić information content (AvgIpc) is 2.88. The molecule has 0 radical (unpaired) electrons. The van der Waals surface area contributed by atoms with Gasteiger partial charge in [-0.25, -0.2) is 0 Å². The molecule has 23 heavy (non-hydrogen) atoms. The number of halogens is 2. The highest BCUT2D eigenvalue weighted by Gasteiger charge is 2.27. The fraction of sp³-hybridized carbons (Fsp3) is 0.625. The Bertz CT molecular complexity index is 584. The van der Waals surface area contributed by atoms with Crippen LogP contribution < -0.4 is 5.32 Å². The van der Waals surface area contributed by atoms with Gasteiger partial charge in [-0.2, -0.15) is 8.78 Å². The van der Waals surface area contributed by atoms with Crippen molar-refractivity contribution in [2.24, 2.45) is 5.92 Å². The quantitative estimate of drug-likeness (QED) is 0.924. The molecule has 2 amide bonds. The van der Waals surface area contributed by atoms with Gasteiger partial charge >= 0.3 is 6.55 Å². The lowest BCUT2D eigenvalue weighted by Gasteiger charge is -2.34. The van der Waals surface area contributed by atoms with Crippen molar-refractivity contribution in [2.75, 3.05) is 13.1 Å². The van der Waals surface area contributed by atoms with Crippen LogP contribution in [0.5, 0.6) is 0 Å². The molecule has 5 nitrogen and oxygen atoms in total. The van der Waals surface area contributed by atoms with Crippen molar-refractivity contribution < 1.29 is 18.4 Å². The van der Waals surface area contributed by atoms with Crippen LogP contribution in [0.25, 0.3) is 0 Å². The third-order valence-electron chi connectivity index (χ3n) is 4.11. The number of carbonyl (C=O) groups excluding carboxylic acids is 2. The summed E-state index contributed by atoms with van der Waals surface area (Å²) in [6.45, 7) is 3.56. The summed E-state index contributed by atoms with van der Waals surface area (Å²) < 4.78 is 26.8. The van der Waals surface area contributed by atoms with Gasteiger partial charge in [0.15, 0.2) is 0 Å². The Morgan fingerprint density at radius 1 is 1.30 bits per heavy atom. The van der Waals surface area contributed by atoms with Crippen LogP contribution in [0.1, 0.15) is 49.4 Å². The van der Waals surface area contributed by atoms with Gasteiger partial charge in [0.25, 0.3) is 5.91 Å². The van der Waals surface area contributed by atoms with Crippen molar-refractivity contribution in [1.82, 2.24) is 14.8 Å². The number of likely N-dealkylation sites (tertiary alicyclic amines) is 1. The van der Waals surface area contributed by atoms with E-state index in [1.165, 1.54) is 19.1 Å². The molecule has 0 bridgehead atoms. The van der Waals surface area contributed by atoms with Crippen LogP contribution >= 0.6 is 0 Å². The lowest BCUT2D eigenvalue weighted by atomic mass is 10.0. The first-order chi connectivity index (χ1) is 10.8. The third-order valence-corrected chi connectivity index (χ3v) is 4.11. The molecule has 2 heterocycles. The summed E-state index contributed by atoms with van der Waals surface area (Å²) in [5, 5.41) is 2.78. The highest BCUT2D eigenvalue weighted by atomic mass is 19.3. The van der Waals surface area contributed by atoms with Crippen LogP contribution in [0.4, 0.5) is 8.78 Å². The molecule has 1 atom stereocenters. The van der Waals surface area contributed by atoms with E-state index in [0.717, 1.165) is 17.4 Å². The Hall–Kier alpha value is -1.92. The predicted molar refractivity (Wildman–Crippen MR) is 82.3 cm³/mol. The topological polar surface area (TPSA) is 54.3 Å². The van der Waals surface area contributed by atoms with Gasteiger partial charge in [-0.05, 0) is 31.9 Å². The van der Waals surface area contributed by atoms with Gasteiger partial charge in [-0.3, -0.25) is 14.2 Å². The second kappa shape index (κ2) is 7.10. The fourth-order valence-electron chi connectivity index (χ4n) is 2.91. The normalized spacial score (nSPS) is 18.6. The molecule has 0 aliphatic carbocycles. The number of hydrogen-bond donors (Lipinski definition) is 1. The van der Waals surface area contributed by atoms with Crippen LogP contribution in [-0.2, 0) is 4.79 Å². The van der Waals surface area contributed by atoms with Crippen LogP contribution in [0.2, 0.25) is 0 Å². The maximum Gasteiger partial charge on any atom is 0.319 e. The SMILES string of the molecule is Cc1ccc(C(=O)NC2CCCN(C(=O)C(C)C)C2)n1C(F)F. The summed E-state index contributed by atoms with van der Waals surface area (Å²) in [6.07, 6.45) is 1.53. The van der Waals surface area contributed by atoms with Crippen molar-refractivity contribution in [1.29, 1.82) is 0 Å². The lowest BCUT2D eigenvalue weighted by Crippen LogP contribution is -2.50.